The Hall–Kier alpha value is -2.48. The van der Waals surface area contributed by atoms with Crippen molar-refractivity contribution in [2.24, 2.45) is 0 Å². The maximum atomic E-state index is 13.3. The second kappa shape index (κ2) is 42.6. The predicted octanol–water partition coefficient (Wildman–Crippen LogP) is 24.3. The van der Waals surface area contributed by atoms with Crippen molar-refractivity contribution >= 4 is 11.4 Å². The number of benzene rings is 2. The summed E-state index contributed by atoms with van der Waals surface area (Å²) in [6.07, 6.45) is 60.7. The third kappa shape index (κ3) is 25.0. The van der Waals surface area contributed by atoms with Crippen LogP contribution in [0.2, 0.25) is 0 Å². The molecular formula is C71H122N2. The van der Waals surface area contributed by atoms with Crippen LogP contribution in [0.25, 0.3) is 16.9 Å². The average molecular weight is 1000 g/mol. The monoisotopic (exact) mass is 1000 g/mol. The van der Waals surface area contributed by atoms with Crippen LogP contribution in [0, 0.1) is 0 Å². The zero-order chi connectivity index (χ0) is 52.6. The summed E-state index contributed by atoms with van der Waals surface area (Å²) in [6.45, 7) is 18.8. The molecule has 2 nitrogen and oxygen atoms in total. The predicted molar refractivity (Wildman–Crippen MR) is 327 cm³/mol. The van der Waals surface area contributed by atoms with Gasteiger partial charge < -0.3 is 5.53 Å². The molecule has 0 amide bonds. The minimum absolute atomic E-state index is 1.04. The van der Waals surface area contributed by atoms with Gasteiger partial charge in [0.15, 0.2) is 0 Å². The van der Waals surface area contributed by atoms with Crippen molar-refractivity contribution in [3.8, 4) is 0 Å². The third-order valence-corrected chi connectivity index (χ3v) is 16.8. The van der Waals surface area contributed by atoms with Crippen molar-refractivity contribution in [3.05, 3.63) is 85.5 Å². The van der Waals surface area contributed by atoms with Gasteiger partial charge in [0.25, 0.3) is 0 Å². The topological polar surface area (TPSA) is 25.3 Å². The molecule has 1 aliphatic heterocycles. The van der Waals surface area contributed by atoms with Crippen LogP contribution in [0.15, 0.2) is 35.4 Å². The van der Waals surface area contributed by atoms with E-state index in [1.165, 1.54) is 279 Å². The van der Waals surface area contributed by atoms with Crippen LogP contribution in [0.3, 0.4) is 0 Å². The van der Waals surface area contributed by atoms with E-state index in [2.05, 4.69) is 79.7 Å². The van der Waals surface area contributed by atoms with Crippen LogP contribution < -0.4 is 0 Å². The summed E-state index contributed by atoms with van der Waals surface area (Å²) >= 11 is 0. The van der Waals surface area contributed by atoms with Gasteiger partial charge in [-0.2, -0.15) is 0 Å². The Bertz CT molecular complexity index is 1720. The van der Waals surface area contributed by atoms with Crippen molar-refractivity contribution in [3.63, 3.8) is 0 Å². The smallest absolute Gasteiger partial charge is 0.211 e. The van der Waals surface area contributed by atoms with Gasteiger partial charge in [0.05, 0.1) is 0 Å². The van der Waals surface area contributed by atoms with Crippen LogP contribution >= 0.6 is 0 Å². The largest absolute Gasteiger partial charge is 0.493 e. The Morgan fingerprint density at radius 3 is 0.767 bits per heavy atom. The number of allylic oxidation sites excluding steroid dienone is 2. The van der Waals surface area contributed by atoms with Gasteiger partial charge in [-0.05, 0) is 160 Å². The van der Waals surface area contributed by atoms with Crippen molar-refractivity contribution < 1.29 is 4.70 Å². The van der Waals surface area contributed by atoms with Crippen LogP contribution in [-0.4, -0.2) is 4.70 Å². The second-order valence-electron chi connectivity index (χ2n) is 23.5. The van der Waals surface area contributed by atoms with E-state index in [0.717, 1.165) is 56.3 Å². The van der Waals surface area contributed by atoms with Crippen molar-refractivity contribution in [2.75, 3.05) is 0 Å². The number of nitrogens with zero attached hydrogens (tertiary/aromatic N) is 2. The normalized spacial score (nSPS) is 13.0. The molecule has 0 spiro atoms. The van der Waals surface area contributed by atoms with Crippen molar-refractivity contribution in [2.45, 2.75) is 357 Å². The maximum absolute atomic E-state index is 13.3. The van der Waals surface area contributed by atoms with E-state index in [-0.39, 0.29) is 0 Å². The van der Waals surface area contributed by atoms with Gasteiger partial charge >= 0.3 is 0 Å². The Morgan fingerprint density at radius 2 is 0.452 bits per heavy atom. The van der Waals surface area contributed by atoms with Gasteiger partial charge in [-0.25, -0.2) is 4.70 Å². The van der Waals surface area contributed by atoms with E-state index in [0.29, 0.717) is 0 Å². The summed E-state index contributed by atoms with van der Waals surface area (Å²) in [5, 5.41) is 0. The highest BCUT2D eigenvalue weighted by atomic mass is 15.2. The molecule has 0 N–H and O–H groups in total. The first-order chi connectivity index (χ1) is 35.9. The molecule has 3 rings (SSSR count). The van der Waals surface area contributed by atoms with Crippen LogP contribution in [0.1, 0.15) is 363 Å². The molecule has 0 radical (unpaired) electrons. The van der Waals surface area contributed by atoms with Crippen molar-refractivity contribution in [1.82, 2.24) is 0 Å². The standard InChI is InChI=1S/C71H122N2/c1-9-17-25-29-30-31-32-33-34-35-36-37-38-39-40-47-55-69-68(52-24-16-8)70(64-56-60(48-41-21-13-5)66(53-43-23-15-7)61(57-64)49-42-22-14-6)73(72)71(69)65-58-62(50-44-26-18-10-2)67(54-46-28-20-12-4)63(59-65)51-45-27-19-11-3/h56-59H,9-55H2,1-8H3. The molecule has 1 aliphatic rings. The van der Waals surface area contributed by atoms with E-state index in [1.54, 1.807) is 38.1 Å². The minimum Gasteiger partial charge on any atom is -0.493 e. The van der Waals surface area contributed by atoms with E-state index in [4.69, 9.17) is 0 Å². The fraction of sp³-hybridized carbons (Fsp3) is 0.775. The highest BCUT2D eigenvalue weighted by Crippen LogP contribution is 2.46. The molecule has 416 valence electrons. The molecule has 0 atom stereocenters. The Balaban J connectivity index is 2.14. The minimum atomic E-state index is 1.04. The molecule has 0 aliphatic carbocycles. The Morgan fingerprint density at radius 1 is 0.247 bits per heavy atom. The first-order valence-electron chi connectivity index (χ1n) is 33.2. The second-order valence-corrected chi connectivity index (χ2v) is 23.5. The van der Waals surface area contributed by atoms with Crippen LogP contribution in [0.4, 0.5) is 0 Å². The summed E-state index contributed by atoms with van der Waals surface area (Å²) in [5.74, 6) is 0. The number of hydrogen-bond acceptors (Lipinski definition) is 0. The molecule has 2 aromatic rings. The molecule has 0 fully saturated rings. The fourth-order valence-corrected chi connectivity index (χ4v) is 12.3. The third-order valence-electron chi connectivity index (χ3n) is 16.8. The van der Waals surface area contributed by atoms with E-state index in [9.17, 15) is 5.53 Å². The van der Waals surface area contributed by atoms with Crippen molar-refractivity contribution in [1.29, 1.82) is 0 Å². The summed E-state index contributed by atoms with van der Waals surface area (Å²) in [7, 11) is 0. The number of hydrogen-bond donors (Lipinski definition) is 0. The molecule has 0 bridgehead atoms. The van der Waals surface area contributed by atoms with Gasteiger partial charge in [-0.1, -0.05) is 254 Å². The van der Waals surface area contributed by atoms with Gasteiger partial charge in [-0.3, -0.25) is 0 Å². The van der Waals surface area contributed by atoms with E-state index >= 15 is 0 Å². The number of rotatable bonds is 49. The lowest BCUT2D eigenvalue weighted by Gasteiger charge is -2.20. The lowest BCUT2D eigenvalue weighted by atomic mass is 9.85. The number of aryl methyl sites for hydroxylation is 4. The Labute approximate surface area is 456 Å². The molecule has 0 unspecified atom stereocenters. The summed E-state index contributed by atoms with van der Waals surface area (Å²) in [5.41, 5.74) is 30.8. The average Bonchev–Trinajstić information content (AvgIpc) is 3.67. The van der Waals surface area contributed by atoms with E-state index in [1.807, 2.05) is 0 Å². The Kier molecular flexibility index (Phi) is 37.8. The molecule has 1 heterocycles. The first-order valence-corrected chi connectivity index (χ1v) is 33.2. The van der Waals surface area contributed by atoms with Gasteiger partial charge in [0.1, 0.15) is 0 Å². The van der Waals surface area contributed by atoms with Gasteiger partial charge in [-0.15, -0.1) is 0 Å². The molecule has 2 aromatic carbocycles. The highest BCUT2D eigenvalue weighted by Gasteiger charge is 2.36. The van der Waals surface area contributed by atoms with Gasteiger partial charge in [0.2, 0.25) is 11.4 Å². The molecule has 73 heavy (non-hydrogen) atoms. The molecule has 2 heteroatoms. The van der Waals surface area contributed by atoms with Crippen LogP contribution in [-0.2, 0) is 38.5 Å². The highest BCUT2D eigenvalue weighted by molar-refractivity contribution is 5.83. The molecule has 0 saturated heterocycles. The molecule has 0 saturated carbocycles. The zero-order valence-electron chi connectivity index (χ0n) is 50.4. The quantitative estimate of drug-likeness (QED) is 0.0466. The molecular weight excluding hydrogens is 881 g/mol. The van der Waals surface area contributed by atoms with Gasteiger partial charge in [0, 0.05) is 22.3 Å². The number of unbranched alkanes of at least 4 members (excludes halogenated alkanes) is 31. The summed E-state index contributed by atoms with van der Waals surface area (Å²) < 4.78 is 1.79. The summed E-state index contributed by atoms with van der Waals surface area (Å²) in [4.78, 5) is 0. The van der Waals surface area contributed by atoms with E-state index < -0.39 is 0 Å². The first kappa shape index (κ1) is 64.8. The fourth-order valence-electron chi connectivity index (χ4n) is 12.3. The lowest BCUT2D eigenvalue weighted by molar-refractivity contribution is -0.345. The lowest BCUT2D eigenvalue weighted by Crippen LogP contribution is -2.09. The molecule has 0 aromatic heterocycles. The zero-order valence-corrected chi connectivity index (χ0v) is 50.4. The maximum Gasteiger partial charge on any atom is 0.211 e. The summed E-state index contributed by atoms with van der Waals surface area (Å²) in [6, 6.07) is 10.4. The SMILES string of the molecule is CCCCCCCCCCCCCCCCCCC1=C(c2cc(CCCCCC)c(CCCCCC)c(CCCCCC)c2)[N+](=[N-])C(c2cc(CCCCC)c(CCCCC)c(CCCCC)c2)=C1CCCC. The van der Waals surface area contributed by atoms with Crippen LogP contribution in [0.5, 0.6) is 0 Å².